The molecule has 1 aromatic heterocycles. The number of carbonyl (C=O) groups excluding carboxylic acids is 1. The Balaban J connectivity index is 1.39. The topological polar surface area (TPSA) is 125 Å². The third kappa shape index (κ3) is 5.32. The highest BCUT2D eigenvalue weighted by molar-refractivity contribution is 6.34. The molecule has 0 saturated carbocycles. The van der Waals surface area contributed by atoms with E-state index in [4.69, 9.17) is 26.0 Å². The molecule has 34 heavy (non-hydrogen) atoms. The van der Waals surface area contributed by atoms with Crippen molar-refractivity contribution in [1.29, 1.82) is 0 Å². The molecule has 0 radical (unpaired) electrons. The van der Waals surface area contributed by atoms with Gasteiger partial charge in [0.15, 0.2) is 23.0 Å². The maximum Gasteiger partial charge on any atom is 0.309 e. The average Bonchev–Trinajstić information content (AvgIpc) is 3.23. The number of likely N-dealkylation sites (tertiary alicyclic amines) is 1. The molecule has 2 aromatic carbocycles. The summed E-state index contributed by atoms with van der Waals surface area (Å²) < 4.78 is 10.8. The minimum atomic E-state index is -0.780. The van der Waals surface area contributed by atoms with Crippen LogP contribution < -0.4 is 10.1 Å². The van der Waals surface area contributed by atoms with Crippen LogP contribution >= 0.6 is 11.6 Å². The lowest BCUT2D eigenvalue weighted by Crippen LogP contribution is -2.49. The fraction of sp³-hybridized carbons (Fsp3) is 0.292. The molecular formula is C24H24ClN3O6. The smallest absolute Gasteiger partial charge is 0.309 e. The van der Waals surface area contributed by atoms with E-state index in [2.05, 4.69) is 10.5 Å². The van der Waals surface area contributed by atoms with Gasteiger partial charge in [-0.1, -0.05) is 22.8 Å². The van der Waals surface area contributed by atoms with Crippen molar-refractivity contribution in [2.24, 2.45) is 5.92 Å². The lowest BCUT2D eigenvalue weighted by Gasteiger charge is -2.36. The van der Waals surface area contributed by atoms with E-state index >= 15 is 0 Å². The van der Waals surface area contributed by atoms with Gasteiger partial charge in [-0.15, -0.1) is 0 Å². The van der Waals surface area contributed by atoms with Gasteiger partial charge < -0.3 is 24.8 Å². The number of nitrogens with one attached hydrogen (secondary N) is 1. The first-order valence-electron chi connectivity index (χ1n) is 10.7. The number of nitrogens with zero attached hydrogens (tertiary/aromatic N) is 2. The van der Waals surface area contributed by atoms with Crippen LogP contribution in [0.1, 0.15) is 29.9 Å². The van der Waals surface area contributed by atoms with Gasteiger partial charge in [0.1, 0.15) is 0 Å². The van der Waals surface area contributed by atoms with Crippen LogP contribution in [0.15, 0.2) is 47.0 Å². The summed E-state index contributed by atoms with van der Waals surface area (Å²) in [6.07, 6.45) is -0.0850. The third-order valence-electron chi connectivity index (χ3n) is 5.34. The van der Waals surface area contributed by atoms with E-state index in [1.807, 2.05) is 24.8 Å². The Morgan fingerprint density at radius 3 is 2.65 bits per heavy atom. The average molecular weight is 486 g/mol. The number of carboxylic acid groups (broad SMARTS) is 1. The predicted molar refractivity (Wildman–Crippen MR) is 125 cm³/mol. The summed E-state index contributed by atoms with van der Waals surface area (Å²) in [5.41, 5.74) is 1.93. The molecule has 178 valence electrons. The van der Waals surface area contributed by atoms with Crippen LogP contribution in [0.3, 0.4) is 0 Å². The van der Waals surface area contributed by atoms with Crippen LogP contribution in [0.2, 0.25) is 5.02 Å². The highest BCUT2D eigenvalue weighted by Crippen LogP contribution is 2.33. The number of phenols is 1. The summed E-state index contributed by atoms with van der Waals surface area (Å²) in [6, 6.07) is 11.5. The number of aromatic hydroxyl groups is 1. The van der Waals surface area contributed by atoms with Gasteiger partial charge in [0, 0.05) is 31.3 Å². The van der Waals surface area contributed by atoms with Crippen LogP contribution in [0.25, 0.3) is 11.3 Å². The van der Waals surface area contributed by atoms with Crippen molar-refractivity contribution in [3.05, 3.63) is 58.7 Å². The van der Waals surface area contributed by atoms with Gasteiger partial charge in [0.2, 0.25) is 0 Å². The molecule has 2 heterocycles. The highest BCUT2D eigenvalue weighted by Gasteiger charge is 2.32. The molecule has 1 saturated heterocycles. The molecule has 1 fully saturated rings. The fourth-order valence-electron chi connectivity index (χ4n) is 3.60. The van der Waals surface area contributed by atoms with E-state index in [1.165, 1.54) is 12.1 Å². The number of aliphatic carboxylic acids is 1. The van der Waals surface area contributed by atoms with Gasteiger partial charge in [-0.25, -0.2) is 0 Å². The lowest BCUT2D eigenvalue weighted by atomic mass is 9.99. The van der Waals surface area contributed by atoms with Gasteiger partial charge in [0.05, 0.1) is 22.7 Å². The number of carbonyl (C=O) groups is 2. The number of halogens is 1. The number of hydrogen-bond acceptors (Lipinski definition) is 7. The molecule has 0 unspecified atom stereocenters. The molecular weight excluding hydrogens is 462 g/mol. The summed E-state index contributed by atoms with van der Waals surface area (Å²) in [7, 11) is 0. The van der Waals surface area contributed by atoms with Crippen molar-refractivity contribution in [2.45, 2.75) is 26.5 Å². The third-order valence-corrected chi connectivity index (χ3v) is 5.66. The molecule has 3 N–H and O–H groups in total. The number of hydrogen-bond donors (Lipinski definition) is 3. The zero-order valence-corrected chi connectivity index (χ0v) is 19.4. The predicted octanol–water partition coefficient (Wildman–Crippen LogP) is 4.26. The molecule has 1 aliphatic rings. The zero-order chi connectivity index (χ0) is 24.4. The quantitative estimate of drug-likeness (QED) is 0.432. The summed E-state index contributed by atoms with van der Waals surface area (Å²) in [5, 5.41) is 26.0. The lowest BCUT2D eigenvalue weighted by molar-refractivity contribution is -0.147. The minimum absolute atomic E-state index is 0.0443. The van der Waals surface area contributed by atoms with Crippen LogP contribution in [0.5, 0.6) is 11.5 Å². The summed E-state index contributed by atoms with van der Waals surface area (Å²) >= 11 is 6.34. The van der Waals surface area contributed by atoms with Crippen molar-refractivity contribution in [3.8, 4) is 22.8 Å². The van der Waals surface area contributed by atoms with E-state index in [-0.39, 0.29) is 23.5 Å². The second-order valence-electron chi connectivity index (χ2n) is 8.42. The van der Waals surface area contributed by atoms with Crippen LogP contribution in [-0.4, -0.2) is 51.3 Å². The number of aromatic nitrogens is 1. The van der Waals surface area contributed by atoms with Crippen molar-refractivity contribution in [3.63, 3.8) is 0 Å². The summed E-state index contributed by atoms with van der Waals surface area (Å²) in [5.74, 6) is -0.982. The Labute approximate surface area is 200 Å². The Morgan fingerprint density at radius 2 is 2.00 bits per heavy atom. The van der Waals surface area contributed by atoms with E-state index in [1.54, 1.807) is 24.3 Å². The van der Waals surface area contributed by atoms with Gasteiger partial charge in [0.25, 0.3) is 5.91 Å². The highest BCUT2D eigenvalue weighted by atomic mass is 35.5. The molecule has 1 aliphatic heterocycles. The monoisotopic (exact) mass is 485 g/mol. The molecule has 10 heteroatoms. The van der Waals surface area contributed by atoms with Crippen LogP contribution in [0, 0.1) is 5.92 Å². The number of amides is 1. The number of carboxylic acids is 1. The Bertz CT molecular complexity index is 1220. The van der Waals surface area contributed by atoms with Crippen molar-refractivity contribution in [1.82, 2.24) is 10.1 Å². The Hall–Kier alpha value is -3.56. The SMILES string of the molecule is CC(C)Oc1ccc(-c2cc(C(=O)Nc3ccc(CN4CC(C(=O)O)C4)cc3Cl)no2)cc1O. The van der Waals surface area contributed by atoms with Crippen molar-refractivity contribution >= 4 is 29.2 Å². The Kier molecular flexibility index (Phi) is 6.76. The van der Waals surface area contributed by atoms with E-state index in [0.717, 1.165) is 5.56 Å². The first-order chi connectivity index (χ1) is 16.2. The molecule has 0 atom stereocenters. The van der Waals surface area contributed by atoms with Gasteiger partial charge in [-0.2, -0.15) is 0 Å². The maximum absolute atomic E-state index is 12.6. The number of benzene rings is 2. The van der Waals surface area contributed by atoms with Crippen molar-refractivity contribution in [2.75, 3.05) is 18.4 Å². The first kappa shape index (κ1) is 23.6. The molecule has 1 amide bonds. The van der Waals surface area contributed by atoms with E-state index < -0.39 is 11.9 Å². The number of phenolic OH excluding ortho intramolecular Hbond substituents is 1. The number of rotatable bonds is 8. The first-order valence-corrected chi connectivity index (χ1v) is 11.1. The standard InChI is InChI=1S/C24H24ClN3O6/c1-13(2)33-21-6-4-15(8-20(21)29)22-9-19(27-34-22)23(30)26-18-5-3-14(7-17(18)25)10-28-11-16(12-28)24(31)32/h3-9,13,16,29H,10-12H2,1-2H3,(H,26,30)(H,31,32). The van der Waals surface area contributed by atoms with E-state index in [0.29, 0.717) is 47.4 Å². The minimum Gasteiger partial charge on any atom is -0.504 e. The zero-order valence-electron chi connectivity index (χ0n) is 18.6. The molecule has 0 bridgehead atoms. The normalized spacial score (nSPS) is 14.1. The van der Waals surface area contributed by atoms with Gasteiger partial charge in [-0.3, -0.25) is 14.5 Å². The molecule has 4 rings (SSSR count). The second kappa shape index (κ2) is 9.74. The van der Waals surface area contributed by atoms with E-state index in [9.17, 15) is 14.7 Å². The second-order valence-corrected chi connectivity index (χ2v) is 8.83. The molecule has 0 aliphatic carbocycles. The maximum atomic E-state index is 12.6. The van der Waals surface area contributed by atoms with Gasteiger partial charge >= 0.3 is 5.97 Å². The number of ether oxygens (including phenoxy) is 1. The summed E-state index contributed by atoms with van der Waals surface area (Å²) in [6.45, 7) is 5.31. The van der Waals surface area contributed by atoms with Gasteiger partial charge in [-0.05, 0) is 49.7 Å². The molecule has 0 spiro atoms. The van der Waals surface area contributed by atoms with Crippen molar-refractivity contribution < 1.29 is 29.1 Å². The van der Waals surface area contributed by atoms with Crippen LogP contribution in [0.4, 0.5) is 5.69 Å². The number of anilines is 1. The largest absolute Gasteiger partial charge is 0.504 e. The van der Waals surface area contributed by atoms with Crippen LogP contribution in [-0.2, 0) is 11.3 Å². The fourth-order valence-corrected chi connectivity index (χ4v) is 3.85. The Morgan fingerprint density at radius 1 is 1.24 bits per heavy atom. The molecule has 3 aromatic rings. The molecule has 9 nitrogen and oxygen atoms in total. The summed E-state index contributed by atoms with van der Waals surface area (Å²) in [4.78, 5) is 25.6.